The number of H-pyrrole nitrogens is 1. The normalized spacial score (nSPS) is 27.7. The van der Waals surface area contributed by atoms with Gasteiger partial charge in [0, 0.05) is 36.5 Å². The Balaban J connectivity index is 1.44. The molecule has 2 unspecified atom stereocenters. The summed E-state index contributed by atoms with van der Waals surface area (Å²) in [5, 5.41) is 6.83. The first-order valence-electron chi connectivity index (χ1n) is 9.55. The molecule has 1 aromatic carbocycles. The van der Waals surface area contributed by atoms with Crippen molar-refractivity contribution in [3.05, 3.63) is 42.2 Å². The highest BCUT2D eigenvalue weighted by Crippen LogP contribution is 2.46. The van der Waals surface area contributed by atoms with Crippen LogP contribution in [-0.2, 0) is 0 Å². The highest BCUT2D eigenvalue weighted by Gasteiger charge is 2.44. The van der Waals surface area contributed by atoms with Crippen molar-refractivity contribution in [2.75, 3.05) is 21.1 Å². The van der Waals surface area contributed by atoms with Gasteiger partial charge in [-0.05, 0) is 69.3 Å². The summed E-state index contributed by atoms with van der Waals surface area (Å²) < 4.78 is 0. The lowest BCUT2D eigenvalue weighted by molar-refractivity contribution is 0.0726. The van der Waals surface area contributed by atoms with Crippen molar-refractivity contribution in [2.24, 2.45) is 11.8 Å². The van der Waals surface area contributed by atoms with E-state index in [1.54, 1.807) is 6.20 Å². The Bertz CT molecular complexity index is 756. The fourth-order valence-electron chi connectivity index (χ4n) is 4.90. The summed E-state index contributed by atoms with van der Waals surface area (Å²) in [6.07, 6.45) is 8.51. The molecule has 1 heterocycles. The van der Waals surface area contributed by atoms with Gasteiger partial charge >= 0.3 is 0 Å². The molecule has 5 nitrogen and oxygen atoms in total. The van der Waals surface area contributed by atoms with Crippen molar-refractivity contribution in [1.29, 1.82) is 0 Å². The zero-order chi connectivity index (χ0) is 18.3. The fraction of sp³-hybridized carbons (Fsp3) is 0.524. The zero-order valence-corrected chi connectivity index (χ0v) is 15.9. The number of nitrogens with one attached hydrogen (secondary N) is 1. The van der Waals surface area contributed by atoms with Crippen molar-refractivity contribution in [3.63, 3.8) is 0 Å². The first-order chi connectivity index (χ1) is 12.5. The molecule has 2 saturated carbocycles. The van der Waals surface area contributed by atoms with Crippen molar-refractivity contribution in [2.45, 2.75) is 37.8 Å². The van der Waals surface area contributed by atoms with Gasteiger partial charge in [0.15, 0.2) is 0 Å². The number of hydrogen-bond acceptors (Lipinski definition) is 3. The van der Waals surface area contributed by atoms with E-state index in [9.17, 15) is 4.79 Å². The monoisotopic (exact) mass is 352 g/mol. The van der Waals surface area contributed by atoms with Crippen LogP contribution in [0.25, 0.3) is 11.1 Å². The molecule has 0 bridgehead atoms. The summed E-state index contributed by atoms with van der Waals surface area (Å²) in [6, 6.07) is 8.95. The third-order valence-corrected chi connectivity index (χ3v) is 6.51. The Hall–Kier alpha value is -2.14. The molecular formula is C21H28N4O. The number of rotatable bonds is 4. The molecule has 4 atom stereocenters. The third kappa shape index (κ3) is 3.16. The molecule has 0 saturated heterocycles. The molecule has 138 valence electrons. The summed E-state index contributed by atoms with van der Waals surface area (Å²) in [6.45, 7) is 0. The van der Waals surface area contributed by atoms with E-state index in [-0.39, 0.29) is 5.91 Å². The van der Waals surface area contributed by atoms with E-state index in [2.05, 4.69) is 29.2 Å². The summed E-state index contributed by atoms with van der Waals surface area (Å²) in [5.41, 5.74) is 2.79. The maximum absolute atomic E-state index is 13.0. The zero-order valence-electron chi connectivity index (χ0n) is 15.9. The minimum Gasteiger partial charge on any atom is -0.339 e. The average Bonchev–Trinajstić information content (AvgIpc) is 3.35. The number of nitrogens with zero attached hydrogens (tertiary/aromatic N) is 3. The molecule has 2 aliphatic carbocycles. The van der Waals surface area contributed by atoms with Gasteiger partial charge in [0.05, 0.1) is 6.20 Å². The van der Waals surface area contributed by atoms with Crippen LogP contribution in [0.4, 0.5) is 0 Å². The first-order valence-corrected chi connectivity index (χ1v) is 9.55. The number of fused-ring (bicyclic) bond motifs is 1. The number of aromatic nitrogens is 2. The second-order valence-corrected chi connectivity index (χ2v) is 8.22. The van der Waals surface area contributed by atoms with Crippen LogP contribution in [0.15, 0.2) is 36.7 Å². The van der Waals surface area contributed by atoms with Gasteiger partial charge in [-0.15, -0.1) is 0 Å². The van der Waals surface area contributed by atoms with E-state index in [4.69, 9.17) is 0 Å². The summed E-state index contributed by atoms with van der Waals surface area (Å²) in [5.74, 6) is 1.68. The summed E-state index contributed by atoms with van der Waals surface area (Å²) in [4.78, 5) is 17.4. The van der Waals surface area contributed by atoms with Gasteiger partial charge in [-0.3, -0.25) is 9.89 Å². The minimum atomic E-state index is 0.129. The summed E-state index contributed by atoms with van der Waals surface area (Å²) in [7, 11) is 6.35. The molecule has 1 amide bonds. The number of hydrogen-bond donors (Lipinski definition) is 1. The maximum atomic E-state index is 13.0. The van der Waals surface area contributed by atoms with Crippen LogP contribution < -0.4 is 0 Å². The molecule has 2 fully saturated rings. The second kappa shape index (κ2) is 6.88. The molecule has 4 rings (SSSR count). The molecule has 0 aliphatic heterocycles. The Morgan fingerprint density at radius 1 is 1.04 bits per heavy atom. The van der Waals surface area contributed by atoms with Crippen LogP contribution in [0.5, 0.6) is 0 Å². The van der Waals surface area contributed by atoms with Crippen LogP contribution in [-0.4, -0.2) is 59.1 Å². The van der Waals surface area contributed by atoms with Gasteiger partial charge in [-0.25, -0.2) is 0 Å². The second-order valence-electron chi connectivity index (χ2n) is 8.22. The molecular weight excluding hydrogens is 324 g/mol. The molecule has 0 radical (unpaired) electrons. The van der Waals surface area contributed by atoms with Gasteiger partial charge < -0.3 is 9.80 Å². The molecule has 1 aromatic heterocycles. The predicted molar refractivity (Wildman–Crippen MR) is 103 cm³/mol. The van der Waals surface area contributed by atoms with Crippen LogP contribution >= 0.6 is 0 Å². The van der Waals surface area contributed by atoms with Crippen molar-refractivity contribution < 1.29 is 4.79 Å². The summed E-state index contributed by atoms with van der Waals surface area (Å²) >= 11 is 0. The maximum Gasteiger partial charge on any atom is 0.253 e. The molecule has 5 heteroatoms. The lowest BCUT2D eigenvalue weighted by Gasteiger charge is -2.27. The molecule has 1 N–H and O–H groups in total. The van der Waals surface area contributed by atoms with E-state index in [0.717, 1.165) is 47.4 Å². The SMILES string of the molecule is CN(C)C1C[C@@H]2CC(N(C)C(=O)c3cccc(-c4cn[nH]c4)c3)C[C@@H]2C1. The van der Waals surface area contributed by atoms with E-state index >= 15 is 0 Å². The van der Waals surface area contributed by atoms with Crippen LogP contribution in [0, 0.1) is 11.8 Å². The van der Waals surface area contributed by atoms with Crippen molar-refractivity contribution >= 4 is 5.91 Å². The van der Waals surface area contributed by atoms with Gasteiger partial charge in [0.25, 0.3) is 5.91 Å². The Kier molecular flexibility index (Phi) is 4.57. The Morgan fingerprint density at radius 3 is 2.35 bits per heavy atom. The lowest BCUT2D eigenvalue weighted by Crippen LogP contribution is -2.36. The highest BCUT2D eigenvalue weighted by atomic mass is 16.2. The van der Waals surface area contributed by atoms with Crippen LogP contribution in [0.2, 0.25) is 0 Å². The van der Waals surface area contributed by atoms with E-state index < -0.39 is 0 Å². The largest absolute Gasteiger partial charge is 0.339 e. The molecule has 2 aromatic rings. The van der Waals surface area contributed by atoms with Gasteiger partial charge in [0.1, 0.15) is 0 Å². The number of carbonyl (C=O) groups excluding carboxylic acids is 1. The Labute approximate surface area is 155 Å². The first kappa shape index (κ1) is 17.3. The van der Waals surface area contributed by atoms with Crippen LogP contribution in [0.1, 0.15) is 36.0 Å². The minimum absolute atomic E-state index is 0.129. The van der Waals surface area contributed by atoms with E-state index in [1.165, 1.54) is 12.8 Å². The molecule has 2 aliphatic rings. The molecule has 26 heavy (non-hydrogen) atoms. The standard InChI is InChI=1S/C21H28N4O/c1-24(2)19-8-16-10-20(11-17(16)9-19)25(3)21(26)15-6-4-5-14(7-15)18-12-22-23-13-18/h4-7,12-13,16-17,19-20H,8-11H2,1-3H3,(H,22,23)/t16-,17+,19?,20?. The lowest BCUT2D eigenvalue weighted by atomic mass is 10.0. The van der Waals surface area contributed by atoms with E-state index in [0.29, 0.717) is 6.04 Å². The van der Waals surface area contributed by atoms with Crippen molar-refractivity contribution in [1.82, 2.24) is 20.0 Å². The third-order valence-electron chi connectivity index (χ3n) is 6.51. The number of benzene rings is 1. The number of aromatic amines is 1. The molecule has 0 spiro atoms. The Morgan fingerprint density at radius 2 is 1.73 bits per heavy atom. The fourth-order valence-corrected chi connectivity index (χ4v) is 4.90. The predicted octanol–water partition coefficient (Wildman–Crippen LogP) is 3.27. The topological polar surface area (TPSA) is 52.2 Å². The number of carbonyl (C=O) groups is 1. The highest BCUT2D eigenvalue weighted by molar-refractivity contribution is 5.95. The average molecular weight is 352 g/mol. The van der Waals surface area contributed by atoms with Gasteiger partial charge in [-0.2, -0.15) is 5.10 Å². The smallest absolute Gasteiger partial charge is 0.253 e. The quantitative estimate of drug-likeness (QED) is 0.919. The van der Waals surface area contributed by atoms with Crippen molar-refractivity contribution in [3.8, 4) is 11.1 Å². The van der Waals surface area contributed by atoms with Crippen LogP contribution in [0.3, 0.4) is 0 Å². The van der Waals surface area contributed by atoms with E-state index in [1.807, 2.05) is 42.4 Å². The van der Waals surface area contributed by atoms with Gasteiger partial charge in [0.2, 0.25) is 0 Å². The number of amides is 1. The van der Waals surface area contributed by atoms with Gasteiger partial charge in [-0.1, -0.05) is 12.1 Å².